The summed E-state index contributed by atoms with van der Waals surface area (Å²) < 4.78 is 4.87. The van der Waals surface area contributed by atoms with Crippen LogP contribution in [0.1, 0.15) is 37.7 Å². The van der Waals surface area contributed by atoms with Crippen molar-refractivity contribution in [3.8, 4) is 0 Å². The van der Waals surface area contributed by atoms with Crippen molar-refractivity contribution in [2.75, 3.05) is 11.9 Å². The van der Waals surface area contributed by atoms with Crippen molar-refractivity contribution in [2.45, 2.75) is 32.7 Å². The summed E-state index contributed by atoms with van der Waals surface area (Å²) in [5.41, 5.74) is -0.437. The van der Waals surface area contributed by atoms with Crippen LogP contribution in [0.15, 0.2) is 10.7 Å². The van der Waals surface area contributed by atoms with Crippen LogP contribution in [-0.4, -0.2) is 34.1 Å². The highest BCUT2D eigenvalue weighted by atomic mass is 16.4. The van der Waals surface area contributed by atoms with Crippen LogP contribution < -0.4 is 10.6 Å². The maximum atomic E-state index is 11.5. The first-order valence-electron chi connectivity index (χ1n) is 5.51. The van der Waals surface area contributed by atoms with E-state index in [9.17, 15) is 9.59 Å². The molecular formula is C11H17N3O4. The van der Waals surface area contributed by atoms with Gasteiger partial charge in [-0.1, -0.05) is 0 Å². The maximum Gasteiger partial charge on any atom is 0.357 e. The molecule has 0 bridgehead atoms. The van der Waals surface area contributed by atoms with Crippen LogP contribution in [0.2, 0.25) is 0 Å². The number of nitrogens with one attached hydrogen (secondary N) is 2. The van der Waals surface area contributed by atoms with Gasteiger partial charge in [-0.2, -0.15) is 4.98 Å². The van der Waals surface area contributed by atoms with E-state index in [1.807, 2.05) is 20.8 Å². The van der Waals surface area contributed by atoms with Gasteiger partial charge in [0.2, 0.25) is 5.91 Å². The molecule has 1 rings (SSSR count). The number of carboxylic acids is 1. The lowest BCUT2D eigenvalue weighted by Crippen LogP contribution is -2.41. The molecule has 0 aliphatic rings. The van der Waals surface area contributed by atoms with E-state index in [0.29, 0.717) is 6.54 Å². The number of hydrogen-bond acceptors (Lipinski definition) is 5. The summed E-state index contributed by atoms with van der Waals surface area (Å²) in [7, 11) is 0. The molecule has 1 aromatic heterocycles. The van der Waals surface area contributed by atoms with Crippen LogP contribution in [0.25, 0.3) is 0 Å². The first-order valence-corrected chi connectivity index (χ1v) is 5.51. The number of amides is 1. The molecule has 1 amide bonds. The average molecular weight is 255 g/mol. The number of carboxylic acid groups (broad SMARTS) is 1. The number of aromatic carboxylic acids is 1. The van der Waals surface area contributed by atoms with E-state index in [4.69, 9.17) is 9.52 Å². The summed E-state index contributed by atoms with van der Waals surface area (Å²) >= 11 is 0. The minimum Gasteiger partial charge on any atom is -0.476 e. The van der Waals surface area contributed by atoms with E-state index in [2.05, 4.69) is 15.6 Å². The van der Waals surface area contributed by atoms with Crippen molar-refractivity contribution >= 4 is 17.9 Å². The second kappa shape index (κ2) is 5.52. The third kappa shape index (κ3) is 4.86. The predicted octanol–water partition coefficient (Wildman–Crippen LogP) is 1.09. The summed E-state index contributed by atoms with van der Waals surface area (Å²) in [6, 6.07) is 0.0935. The second-order valence-electron chi connectivity index (χ2n) is 4.82. The fourth-order valence-electron chi connectivity index (χ4n) is 1.22. The molecule has 1 aromatic rings. The molecule has 0 fully saturated rings. The molecule has 3 N–H and O–H groups in total. The SMILES string of the molecule is CC(C)(C)NC(=O)CCNc1nc(C(=O)O)co1. The van der Waals surface area contributed by atoms with Gasteiger partial charge in [0, 0.05) is 18.5 Å². The van der Waals surface area contributed by atoms with Gasteiger partial charge in [-0.15, -0.1) is 0 Å². The zero-order valence-corrected chi connectivity index (χ0v) is 10.6. The number of carbonyl (C=O) groups excluding carboxylic acids is 1. The summed E-state index contributed by atoms with van der Waals surface area (Å²) in [6.45, 7) is 6.00. The summed E-state index contributed by atoms with van der Waals surface area (Å²) in [5, 5.41) is 14.2. The van der Waals surface area contributed by atoms with E-state index in [-0.39, 0.29) is 29.6 Å². The van der Waals surface area contributed by atoms with Gasteiger partial charge in [0.25, 0.3) is 6.01 Å². The molecule has 18 heavy (non-hydrogen) atoms. The topological polar surface area (TPSA) is 104 Å². The highest BCUT2D eigenvalue weighted by molar-refractivity contribution is 5.85. The summed E-state index contributed by atoms with van der Waals surface area (Å²) in [6.07, 6.45) is 1.29. The molecule has 0 aromatic carbocycles. The molecule has 0 atom stereocenters. The smallest absolute Gasteiger partial charge is 0.357 e. The Morgan fingerprint density at radius 3 is 2.61 bits per heavy atom. The van der Waals surface area contributed by atoms with Gasteiger partial charge in [0.15, 0.2) is 5.69 Å². The Hall–Kier alpha value is -2.05. The molecule has 0 saturated heterocycles. The predicted molar refractivity (Wildman–Crippen MR) is 64.5 cm³/mol. The van der Waals surface area contributed by atoms with Crippen LogP contribution in [0.4, 0.5) is 6.01 Å². The minimum absolute atomic E-state index is 0.0935. The molecule has 0 aliphatic carbocycles. The largest absolute Gasteiger partial charge is 0.476 e. The second-order valence-corrected chi connectivity index (χ2v) is 4.82. The number of hydrogen-bond donors (Lipinski definition) is 3. The summed E-state index contributed by atoms with van der Waals surface area (Å²) in [4.78, 5) is 25.7. The third-order valence-corrected chi connectivity index (χ3v) is 1.87. The fraction of sp³-hybridized carbons (Fsp3) is 0.545. The van der Waals surface area contributed by atoms with E-state index >= 15 is 0 Å². The average Bonchev–Trinajstić information content (AvgIpc) is 2.63. The van der Waals surface area contributed by atoms with E-state index < -0.39 is 5.97 Å². The van der Waals surface area contributed by atoms with Crippen LogP contribution in [0.3, 0.4) is 0 Å². The quantitative estimate of drug-likeness (QED) is 0.727. The Labute approximate surface area is 105 Å². The highest BCUT2D eigenvalue weighted by Gasteiger charge is 2.14. The Morgan fingerprint density at radius 1 is 1.44 bits per heavy atom. The molecule has 0 radical (unpaired) electrons. The normalized spacial score (nSPS) is 11.1. The number of anilines is 1. The van der Waals surface area contributed by atoms with Gasteiger partial charge >= 0.3 is 5.97 Å². The lowest BCUT2D eigenvalue weighted by Gasteiger charge is -2.20. The van der Waals surface area contributed by atoms with Crippen molar-refractivity contribution in [2.24, 2.45) is 0 Å². The lowest BCUT2D eigenvalue weighted by atomic mass is 10.1. The number of nitrogens with zero attached hydrogens (tertiary/aromatic N) is 1. The number of rotatable bonds is 5. The fourth-order valence-corrected chi connectivity index (χ4v) is 1.22. The molecule has 7 heteroatoms. The van der Waals surface area contributed by atoms with Gasteiger partial charge in [-0.25, -0.2) is 4.79 Å². The zero-order valence-electron chi connectivity index (χ0n) is 10.6. The van der Waals surface area contributed by atoms with E-state index in [0.717, 1.165) is 6.26 Å². The molecule has 1 heterocycles. The van der Waals surface area contributed by atoms with E-state index in [1.54, 1.807) is 0 Å². The molecule has 0 saturated carbocycles. The van der Waals surface area contributed by atoms with Crippen molar-refractivity contribution < 1.29 is 19.1 Å². The van der Waals surface area contributed by atoms with Gasteiger partial charge < -0.3 is 20.2 Å². The van der Waals surface area contributed by atoms with Gasteiger partial charge in [0.1, 0.15) is 6.26 Å². The molecule has 7 nitrogen and oxygen atoms in total. The molecule has 100 valence electrons. The number of carbonyl (C=O) groups is 2. The highest BCUT2D eigenvalue weighted by Crippen LogP contribution is 2.07. The zero-order chi connectivity index (χ0) is 13.8. The van der Waals surface area contributed by atoms with Crippen molar-refractivity contribution in [1.82, 2.24) is 10.3 Å². The first-order chi connectivity index (χ1) is 8.28. The number of aromatic nitrogens is 1. The molecule has 0 aliphatic heterocycles. The lowest BCUT2D eigenvalue weighted by molar-refractivity contribution is -0.122. The Morgan fingerprint density at radius 2 is 2.11 bits per heavy atom. The molecule has 0 spiro atoms. The van der Waals surface area contributed by atoms with Crippen LogP contribution in [0, 0.1) is 0 Å². The van der Waals surface area contributed by atoms with Gasteiger partial charge in [-0.05, 0) is 20.8 Å². The Bertz CT molecular complexity index is 434. The standard InChI is InChI=1S/C11H17N3O4/c1-11(2,3)14-8(15)4-5-12-10-13-7(6-18-10)9(16)17/h6H,4-5H2,1-3H3,(H,12,13)(H,14,15)(H,16,17). The Kier molecular flexibility index (Phi) is 4.30. The van der Waals surface area contributed by atoms with Gasteiger partial charge in [-0.3, -0.25) is 4.79 Å². The maximum absolute atomic E-state index is 11.5. The molecular weight excluding hydrogens is 238 g/mol. The summed E-state index contributed by atoms with van der Waals surface area (Å²) in [5.74, 6) is -1.25. The van der Waals surface area contributed by atoms with Crippen molar-refractivity contribution in [3.05, 3.63) is 12.0 Å². The van der Waals surface area contributed by atoms with Crippen LogP contribution in [-0.2, 0) is 4.79 Å². The first kappa shape index (κ1) is 14.0. The van der Waals surface area contributed by atoms with Crippen molar-refractivity contribution in [1.29, 1.82) is 0 Å². The number of oxazole rings is 1. The molecule has 0 unspecified atom stereocenters. The monoisotopic (exact) mass is 255 g/mol. The Balaban J connectivity index is 2.33. The third-order valence-electron chi connectivity index (χ3n) is 1.87. The van der Waals surface area contributed by atoms with Crippen molar-refractivity contribution in [3.63, 3.8) is 0 Å². The minimum atomic E-state index is -1.16. The van der Waals surface area contributed by atoms with Crippen LogP contribution >= 0.6 is 0 Å². The van der Waals surface area contributed by atoms with Crippen LogP contribution in [0.5, 0.6) is 0 Å². The van der Waals surface area contributed by atoms with Gasteiger partial charge in [0.05, 0.1) is 0 Å². The van der Waals surface area contributed by atoms with E-state index in [1.165, 1.54) is 0 Å².